The van der Waals surface area contributed by atoms with Crippen LogP contribution in [0.1, 0.15) is 19.8 Å². The smallest absolute Gasteiger partial charge is 0.243 e. The molecule has 0 bridgehead atoms. The molecule has 0 spiro atoms. The lowest BCUT2D eigenvalue weighted by molar-refractivity contribution is -0.120. The molecule has 0 unspecified atom stereocenters. The van der Waals surface area contributed by atoms with Gasteiger partial charge in [0.2, 0.25) is 15.9 Å². The van der Waals surface area contributed by atoms with Crippen molar-refractivity contribution in [1.29, 1.82) is 0 Å². The molecule has 7 nitrogen and oxygen atoms in total. The summed E-state index contributed by atoms with van der Waals surface area (Å²) in [4.78, 5) is 13.0. The molecule has 1 aliphatic heterocycles. The summed E-state index contributed by atoms with van der Waals surface area (Å²) in [6, 6.07) is 11.3. The van der Waals surface area contributed by atoms with Crippen LogP contribution in [0.15, 0.2) is 47.4 Å². The van der Waals surface area contributed by atoms with Gasteiger partial charge in [-0.15, -0.1) is 0 Å². The predicted octanol–water partition coefficient (Wildman–Crippen LogP) is 3.79. The number of methoxy groups -OCH3 is 1. The van der Waals surface area contributed by atoms with E-state index in [1.54, 1.807) is 30.3 Å². The number of rotatable bonds is 7. The zero-order valence-corrected chi connectivity index (χ0v) is 18.5. The average Bonchev–Trinajstić information content (AvgIpc) is 2.74. The monoisotopic (exact) mass is 452 g/mol. The van der Waals surface area contributed by atoms with Crippen LogP contribution in [0.25, 0.3) is 0 Å². The molecular formula is C21H25ClN2O5S. The molecule has 0 aliphatic carbocycles. The highest BCUT2D eigenvalue weighted by Gasteiger charge is 2.33. The Kier molecular flexibility index (Phi) is 7.23. The topological polar surface area (TPSA) is 84.9 Å². The van der Waals surface area contributed by atoms with Crippen LogP contribution in [0.5, 0.6) is 11.5 Å². The van der Waals surface area contributed by atoms with Crippen molar-refractivity contribution in [2.45, 2.75) is 24.7 Å². The number of anilines is 1. The normalized spacial score (nSPS) is 17.4. The Bertz CT molecular complexity index is 995. The highest BCUT2D eigenvalue weighted by Crippen LogP contribution is 2.30. The molecule has 0 radical (unpaired) electrons. The van der Waals surface area contributed by atoms with Gasteiger partial charge in [0.1, 0.15) is 11.5 Å². The lowest BCUT2D eigenvalue weighted by Crippen LogP contribution is -2.43. The van der Waals surface area contributed by atoms with E-state index in [0.717, 1.165) is 0 Å². The summed E-state index contributed by atoms with van der Waals surface area (Å²) >= 11 is 6.02. The summed E-state index contributed by atoms with van der Waals surface area (Å²) in [7, 11) is -2.20. The molecule has 162 valence electrons. The number of nitrogens with zero attached hydrogens (tertiary/aromatic N) is 1. The molecule has 1 heterocycles. The van der Waals surface area contributed by atoms with Crippen molar-refractivity contribution >= 4 is 33.2 Å². The predicted molar refractivity (Wildman–Crippen MR) is 116 cm³/mol. The number of hydrogen-bond donors (Lipinski definition) is 1. The Balaban J connectivity index is 1.73. The maximum absolute atomic E-state index is 13.0. The van der Waals surface area contributed by atoms with Gasteiger partial charge in [0.05, 0.1) is 30.2 Å². The summed E-state index contributed by atoms with van der Waals surface area (Å²) in [5, 5.41) is 3.29. The second-order valence-corrected chi connectivity index (χ2v) is 9.31. The molecule has 1 N–H and O–H groups in total. The van der Waals surface area contributed by atoms with E-state index in [1.807, 2.05) is 6.92 Å². The van der Waals surface area contributed by atoms with Crippen LogP contribution in [-0.4, -0.2) is 45.4 Å². The van der Waals surface area contributed by atoms with Gasteiger partial charge in [0.25, 0.3) is 0 Å². The van der Waals surface area contributed by atoms with Gasteiger partial charge in [-0.1, -0.05) is 11.6 Å². The molecule has 1 atom stereocenters. The summed E-state index contributed by atoms with van der Waals surface area (Å²) in [5.74, 6) is 0.368. The van der Waals surface area contributed by atoms with E-state index >= 15 is 0 Å². The van der Waals surface area contributed by atoms with Gasteiger partial charge in [0.15, 0.2) is 0 Å². The van der Waals surface area contributed by atoms with E-state index in [0.29, 0.717) is 48.2 Å². The maximum Gasteiger partial charge on any atom is 0.243 e. The standard InChI is InChI=1S/C21H25ClN2O5S/c1-3-29-17-7-9-18(10-8-17)30(26,27)24-12-4-5-15(14-24)21(25)23-19-13-16(22)6-11-20(19)28-2/h6-11,13,15H,3-5,12,14H2,1-2H3,(H,23,25)/t15-/m1/s1. The highest BCUT2D eigenvalue weighted by molar-refractivity contribution is 7.89. The number of benzene rings is 2. The Morgan fingerprint density at radius 3 is 2.63 bits per heavy atom. The van der Waals surface area contributed by atoms with Crippen LogP contribution < -0.4 is 14.8 Å². The highest BCUT2D eigenvalue weighted by atomic mass is 35.5. The first kappa shape index (κ1) is 22.4. The fourth-order valence-electron chi connectivity index (χ4n) is 3.41. The van der Waals surface area contributed by atoms with Crippen molar-refractivity contribution < 1.29 is 22.7 Å². The first-order valence-electron chi connectivity index (χ1n) is 9.72. The van der Waals surface area contributed by atoms with Gasteiger partial charge in [-0.25, -0.2) is 8.42 Å². The van der Waals surface area contributed by atoms with E-state index in [1.165, 1.54) is 23.5 Å². The maximum atomic E-state index is 13.0. The number of amides is 1. The number of nitrogens with one attached hydrogen (secondary N) is 1. The molecule has 30 heavy (non-hydrogen) atoms. The Morgan fingerprint density at radius 2 is 1.97 bits per heavy atom. The summed E-state index contributed by atoms with van der Waals surface area (Å²) in [6.07, 6.45) is 1.20. The molecule has 0 saturated carbocycles. The van der Waals surface area contributed by atoms with Gasteiger partial charge in [0, 0.05) is 18.1 Å². The second kappa shape index (κ2) is 9.68. The van der Waals surface area contributed by atoms with Gasteiger partial charge in [-0.05, 0) is 62.2 Å². The Hall–Kier alpha value is -2.29. The third-order valence-electron chi connectivity index (χ3n) is 4.95. The quantitative estimate of drug-likeness (QED) is 0.690. The number of ether oxygens (including phenoxy) is 2. The van der Waals surface area contributed by atoms with Gasteiger partial charge >= 0.3 is 0 Å². The minimum Gasteiger partial charge on any atom is -0.495 e. The van der Waals surface area contributed by atoms with Crippen LogP contribution in [0.2, 0.25) is 5.02 Å². The molecule has 1 fully saturated rings. The molecule has 1 amide bonds. The summed E-state index contributed by atoms with van der Waals surface area (Å²) in [6.45, 7) is 2.86. The van der Waals surface area contributed by atoms with Gasteiger partial charge < -0.3 is 14.8 Å². The molecule has 1 saturated heterocycles. The van der Waals surface area contributed by atoms with Crippen LogP contribution in [0.3, 0.4) is 0 Å². The minimum absolute atomic E-state index is 0.115. The number of piperidine rings is 1. The lowest BCUT2D eigenvalue weighted by atomic mass is 9.98. The fraction of sp³-hybridized carbons (Fsp3) is 0.381. The van der Waals surface area contributed by atoms with E-state index < -0.39 is 15.9 Å². The van der Waals surface area contributed by atoms with Crippen LogP contribution in [0, 0.1) is 5.92 Å². The first-order valence-corrected chi connectivity index (χ1v) is 11.5. The van der Waals surface area contributed by atoms with E-state index in [-0.39, 0.29) is 17.3 Å². The first-order chi connectivity index (χ1) is 14.3. The van der Waals surface area contributed by atoms with Crippen molar-refractivity contribution in [3.63, 3.8) is 0 Å². The van der Waals surface area contributed by atoms with Crippen molar-refractivity contribution in [2.75, 3.05) is 32.1 Å². The lowest BCUT2D eigenvalue weighted by Gasteiger charge is -2.31. The van der Waals surface area contributed by atoms with Crippen molar-refractivity contribution in [1.82, 2.24) is 4.31 Å². The Labute approximate surface area is 182 Å². The van der Waals surface area contributed by atoms with Crippen LogP contribution in [0.4, 0.5) is 5.69 Å². The minimum atomic E-state index is -3.70. The average molecular weight is 453 g/mol. The van der Waals surface area contributed by atoms with E-state index in [9.17, 15) is 13.2 Å². The molecule has 9 heteroatoms. The number of sulfonamides is 1. The summed E-state index contributed by atoms with van der Waals surface area (Å²) in [5.41, 5.74) is 0.460. The summed E-state index contributed by atoms with van der Waals surface area (Å²) < 4.78 is 38.1. The number of hydrogen-bond acceptors (Lipinski definition) is 5. The SMILES string of the molecule is CCOc1ccc(S(=O)(=O)N2CCC[C@@H](C(=O)Nc3cc(Cl)ccc3OC)C2)cc1. The van der Waals surface area contributed by atoms with Gasteiger partial charge in [-0.2, -0.15) is 4.31 Å². The van der Waals surface area contributed by atoms with Crippen molar-refractivity contribution in [3.05, 3.63) is 47.5 Å². The molecule has 3 rings (SSSR count). The second-order valence-electron chi connectivity index (χ2n) is 6.94. The molecule has 2 aromatic carbocycles. The third kappa shape index (κ3) is 5.06. The van der Waals surface area contributed by atoms with Gasteiger partial charge in [-0.3, -0.25) is 4.79 Å². The number of carbonyl (C=O) groups is 1. The van der Waals surface area contributed by atoms with Crippen LogP contribution >= 0.6 is 11.6 Å². The zero-order chi connectivity index (χ0) is 21.7. The Morgan fingerprint density at radius 1 is 1.23 bits per heavy atom. The number of halogens is 1. The molecule has 1 aliphatic rings. The van der Waals surface area contributed by atoms with Crippen LogP contribution in [-0.2, 0) is 14.8 Å². The molecular weight excluding hydrogens is 428 g/mol. The number of carbonyl (C=O) groups excluding carboxylic acids is 1. The van der Waals surface area contributed by atoms with E-state index in [2.05, 4.69) is 5.32 Å². The molecule has 0 aromatic heterocycles. The zero-order valence-electron chi connectivity index (χ0n) is 16.9. The van der Waals surface area contributed by atoms with Crippen molar-refractivity contribution in [2.24, 2.45) is 5.92 Å². The third-order valence-corrected chi connectivity index (χ3v) is 7.06. The fourth-order valence-corrected chi connectivity index (χ4v) is 5.11. The van der Waals surface area contributed by atoms with E-state index in [4.69, 9.17) is 21.1 Å². The van der Waals surface area contributed by atoms with Crippen molar-refractivity contribution in [3.8, 4) is 11.5 Å². The molecule has 2 aromatic rings. The largest absolute Gasteiger partial charge is 0.495 e.